The summed E-state index contributed by atoms with van der Waals surface area (Å²) in [7, 11) is 1.35. The summed E-state index contributed by atoms with van der Waals surface area (Å²) in [5.74, 6) is -0.379. The molecule has 0 saturated heterocycles. The van der Waals surface area contributed by atoms with Crippen molar-refractivity contribution in [1.82, 2.24) is 5.32 Å². The average Bonchev–Trinajstić information content (AvgIpc) is 2.50. The molecule has 0 bridgehead atoms. The van der Waals surface area contributed by atoms with Gasteiger partial charge in [-0.1, -0.05) is 17.2 Å². The largest absolute Gasteiger partial charge is 0.467 e. The summed E-state index contributed by atoms with van der Waals surface area (Å²) in [6, 6.07) is 7.69. The van der Waals surface area contributed by atoms with Crippen molar-refractivity contribution in [3.05, 3.63) is 40.3 Å². The number of nitrogens with one attached hydrogen (secondary N) is 1. The molecule has 0 aromatic heterocycles. The molecule has 0 aliphatic heterocycles. The summed E-state index contributed by atoms with van der Waals surface area (Å²) in [5, 5.41) is 6.53. The van der Waals surface area contributed by atoms with E-state index in [1.165, 1.54) is 7.11 Å². The first-order valence-corrected chi connectivity index (χ1v) is 7.29. The van der Waals surface area contributed by atoms with Gasteiger partial charge in [0, 0.05) is 22.9 Å². The molecule has 0 aliphatic carbocycles. The van der Waals surface area contributed by atoms with Crippen LogP contribution in [0.4, 0.5) is 0 Å². The lowest BCUT2D eigenvalue weighted by atomic mass is 9.92. The fourth-order valence-corrected chi connectivity index (χ4v) is 2.23. The molecule has 6 nitrogen and oxygen atoms in total. The van der Waals surface area contributed by atoms with Crippen LogP contribution in [-0.2, 0) is 15.1 Å². The summed E-state index contributed by atoms with van der Waals surface area (Å²) in [5.41, 5.74) is 8.11. The molecule has 0 fully saturated rings. The molecule has 0 heterocycles. The van der Waals surface area contributed by atoms with Crippen molar-refractivity contribution >= 4 is 17.7 Å². The van der Waals surface area contributed by atoms with Gasteiger partial charge in [0.25, 0.3) is 0 Å². The zero-order valence-electron chi connectivity index (χ0n) is 11.8. The lowest BCUT2D eigenvalue weighted by molar-refractivity contribution is -0.148. The molecule has 0 spiro atoms. The minimum atomic E-state index is -0.962. The van der Waals surface area contributed by atoms with Crippen LogP contribution in [-0.4, -0.2) is 32.4 Å². The first-order chi connectivity index (χ1) is 9.58. The standard InChI is InChI=1S/C13H18N4O2S/c1-13(12(18)19-2,15-8-9-16-17-14)10-4-6-11(20-3)7-5-10/h4-7,15H,8-9H2,1-3H3. The Hall–Kier alpha value is -1.69. The molecule has 108 valence electrons. The number of esters is 1. The van der Waals surface area contributed by atoms with Gasteiger partial charge in [-0.25, -0.2) is 4.79 Å². The smallest absolute Gasteiger partial charge is 0.330 e. The molecule has 1 atom stereocenters. The topological polar surface area (TPSA) is 87.1 Å². The van der Waals surface area contributed by atoms with E-state index in [1.807, 2.05) is 30.5 Å². The van der Waals surface area contributed by atoms with Crippen molar-refractivity contribution in [1.29, 1.82) is 0 Å². The van der Waals surface area contributed by atoms with E-state index < -0.39 is 5.54 Å². The van der Waals surface area contributed by atoms with Gasteiger partial charge in [-0.05, 0) is 36.4 Å². The number of ether oxygens (including phenoxy) is 1. The third-order valence-electron chi connectivity index (χ3n) is 3.01. The summed E-state index contributed by atoms with van der Waals surface area (Å²) in [6.45, 7) is 2.41. The fourth-order valence-electron chi connectivity index (χ4n) is 1.82. The zero-order chi connectivity index (χ0) is 15.0. The second-order valence-electron chi connectivity index (χ2n) is 4.23. The van der Waals surface area contributed by atoms with E-state index in [2.05, 4.69) is 15.3 Å². The second kappa shape index (κ2) is 7.79. The SMILES string of the molecule is COC(=O)C(C)(NCCN=[N+]=[N-])c1ccc(SC)cc1. The Morgan fingerprint density at radius 2 is 2.15 bits per heavy atom. The summed E-state index contributed by atoms with van der Waals surface area (Å²) < 4.78 is 4.87. The van der Waals surface area contributed by atoms with Crippen molar-refractivity contribution in [2.75, 3.05) is 26.5 Å². The van der Waals surface area contributed by atoms with E-state index in [4.69, 9.17) is 10.3 Å². The Morgan fingerprint density at radius 3 is 2.65 bits per heavy atom. The van der Waals surface area contributed by atoms with Gasteiger partial charge in [0.2, 0.25) is 0 Å². The third kappa shape index (κ3) is 3.90. The molecule has 1 unspecified atom stereocenters. The van der Waals surface area contributed by atoms with E-state index >= 15 is 0 Å². The van der Waals surface area contributed by atoms with Gasteiger partial charge in [-0.2, -0.15) is 0 Å². The molecule has 0 amide bonds. The number of hydrogen-bond donors (Lipinski definition) is 1. The normalized spacial score (nSPS) is 13.2. The first kappa shape index (κ1) is 16.4. The molecule has 7 heteroatoms. The molecule has 1 aromatic carbocycles. The highest BCUT2D eigenvalue weighted by molar-refractivity contribution is 7.98. The minimum absolute atomic E-state index is 0.270. The summed E-state index contributed by atoms with van der Waals surface area (Å²) in [6.07, 6.45) is 1.99. The van der Waals surface area contributed by atoms with E-state index in [0.29, 0.717) is 6.54 Å². The molecule has 0 radical (unpaired) electrons. The van der Waals surface area contributed by atoms with E-state index in [-0.39, 0.29) is 12.5 Å². The number of carbonyl (C=O) groups excluding carboxylic acids is 1. The predicted molar refractivity (Wildman–Crippen MR) is 79.6 cm³/mol. The maximum Gasteiger partial charge on any atom is 0.330 e. The molecule has 1 aromatic rings. The highest BCUT2D eigenvalue weighted by atomic mass is 32.2. The summed E-state index contributed by atoms with van der Waals surface area (Å²) in [4.78, 5) is 15.9. The van der Waals surface area contributed by atoms with Crippen LogP contribution in [0.5, 0.6) is 0 Å². The van der Waals surface area contributed by atoms with Crippen LogP contribution in [0.25, 0.3) is 10.4 Å². The lowest BCUT2D eigenvalue weighted by Gasteiger charge is -2.28. The Balaban J connectivity index is 2.96. The number of carbonyl (C=O) groups is 1. The number of benzene rings is 1. The Kier molecular flexibility index (Phi) is 6.38. The van der Waals surface area contributed by atoms with E-state index in [0.717, 1.165) is 10.5 Å². The van der Waals surface area contributed by atoms with Crippen LogP contribution < -0.4 is 5.32 Å². The predicted octanol–water partition coefficient (Wildman–Crippen LogP) is 2.70. The highest BCUT2D eigenvalue weighted by Gasteiger charge is 2.35. The Morgan fingerprint density at radius 1 is 1.50 bits per heavy atom. The Labute approximate surface area is 122 Å². The van der Waals surface area contributed by atoms with Crippen LogP contribution in [0.1, 0.15) is 12.5 Å². The highest BCUT2D eigenvalue weighted by Crippen LogP contribution is 2.25. The van der Waals surface area contributed by atoms with Crippen molar-refractivity contribution in [3.8, 4) is 0 Å². The van der Waals surface area contributed by atoms with Gasteiger partial charge < -0.3 is 4.74 Å². The number of methoxy groups -OCH3 is 1. The van der Waals surface area contributed by atoms with Crippen LogP contribution in [0.3, 0.4) is 0 Å². The number of rotatable bonds is 7. The van der Waals surface area contributed by atoms with Crippen molar-refractivity contribution in [2.24, 2.45) is 5.11 Å². The molecular weight excluding hydrogens is 276 g/mol. The van der Waals surface area contributed by atoms with Crippen LogP contribution >= 0.6 is 11.8 Å². The van der Waals surface area contributed by atoms with Gasteiger partial charge in [0.1, 0.15) is 5.54 Å². The van der Waals surface area contributed by atoms with Gasteiger partial charge in [-0.3, -0.25) is 5.32 Å². The molecular formula is C13H18N4O2S. The van der Waals surface area contributed by atoms with Crippen LogP contribution in [0.2, 0.25) is 0 Å². The van der Waals surface area contributed by atoms with Crippen molar-refractivity contribution in [2.45, 2.75) is 17.4 Å². The molecule has 0 saturated carbocycles. The van der Waals surface area contributed by atoms with Gasteiger partial charge in [0.05, 0.1) is 7.11 Å². The van der Waals surface area contributed by atoms with Gasteiger partial charge in [0.15, 0.2) is 0 Å². The number of thioether (sulfide) groups is 1. The molecule has 20 heavy (non-hydrogen) atoms. The first-order valence-electron chi connectivity index (χ1n) is 6.07. The fraction of sp³-hybridized carbons (Fsp3) is 0.462. The van der Waals surface area contributed by atoms with Gasteiger partial charge in [-0.15, -0.1) is 11.8 Å². The van der Waals surface area contributed by atoms with E-state index in [9.17, 15) is 4.79 Å². The van der Waals surface area contributed by atoms with Crippen molar-refractivity contribution in [3.63, 3.8) is 0 Å². The maximum atomic E-state index is 12.1. The number of hydrogen-bond acceptors (Lipinski definition) is 5. The molecule has 1 N–H and O–H groups in total. The van der Waals surface area contributed by atoms with E-state index in [1.54, 1.807) is 18.7 Å². The zero-order valence-corrected chi connectivity index (χ0v) is 12.6. The van der Waals surface area contributed by atoms with Crippen LogP contribution in [0.15, 0.2) is 34.3 Å². The minimum Gasteiger partial charge on any atom is -0.467 e. The summed E-state index contributed by atoms with van der Waals surface area (Å²) >= 11 is 1.63. The molecule has 1 rings (SSSR count). The number of nitrogens with zero attached hydrogens (tertiary/aromatic N) is 3. The van der Waals surface area contributed by atoms with Crippen molar-refractivity contribution < 1.29 is 9.53 Å². The lowest BCUT2D eigenvalue weighted by Crippen LogP contribution is -2.48. The number of azide groups is 1. The average molecular weight is 294 g/mol. The Bertz CT molecular complexity index is 500. The molecule has 0 aliphatic rings. The van der Waals surface area contributed by atoms with Gasteiger partial charge >= 0.3 is 5.97 Å². The maximum absolute atomic E-state index is 12.1. The monoisotopic (exact) mass is 294 g/mol. The van der Waals surface area contributed by atoms with Crippen LogP contribution in [0, 0.1) is 0 Å². The second-order valence-corrected chi connectivity index (χ2v) is 5.11. The third-order valence-corrected chi connectivity index (χ3v) is 3.76. The quantitative estimate of drug-likeness (QED) is 0.209.